The molecule has 96 valence electrons. The number of rotatable bonds is 6. The topological polar surface area (TPSA) is 95.2 Å². The summed E-state index contributed by atoms with van der Waals surface area (Å²) < 4.78 is 23.7. The summed E-state index contributed by atoms with van der Waals surface area (Å²) in [6, 6.07) is 7.08. The molecule has 5 nitrogen and oxygen atoms in total. The van der Waals surface area contributed by atoms with Gasteiger partial charge in [0.2, 0.25) is 0 Å². The number of nitrogens with zero attached hydrogens (tertiary/aromatic N) is 1. The van der Waals surface area contributed by atoms with E-state index in [0.29, 0.717) is 19.3 Å². The van der Waals surface area contributed by atoms with Crippen LogP contribution in [0, 0.1) is 11.3 Å². The summed E-state index contributed by atoms with van der Waals surface area (Å²) in [7, 11) is -3.39. The van der Waals surface area contributed by atoms with Crippen molar-refractivity contribution in [3.8, 4) is 6.07 Å². The average molecular weight is 267 g/mol. The van der Waals surface area contributed by atoms with Gasteiger partial charge in [0.05, 0.1) is 22.3 Å². The van der Waals surface area contributed by atoms with Gasteiger partial charge in [-0.1, -0.05) is 0 Å². The molecule has 0 radical (unpaired) electrons. The molecular formula is C12H13NO4S. The fraction of sp³-hybridized carbons (Fsp3) is 0.333. The Morgan fingerprint density at radius 1 is 1.22 bits per heavy atom. The molecular weight excluding hydrogens is 254 g/mol. The number of hydrogen-bond donors (Lipinski definition) is 1. The van der Waals surface area contributed by atoms with E-state index >= 15 is 0 Å². The lowest BCUT2D eigenvalue weighted by Crippen LogP contribution is -2.07. The number of carboxylic acid groups (broad SMARTS) is 1. The number of unbranched alkanes of at least 4 members (excludes halogenated alkanes) is 2. The van der Waals surface area contributed by atoms with E-state index in [-0.39, 0.29) is 16.2 Å². The lowest BCUT2D eigenvalue weighted by atomic mass is 10.2. The highest BCUT2D eigenvalue weighted by atomic mass is 32.2. The molecule has 0 aliphatic carbocycles. The van der Waals surface area contributed by atoms with E-state index in [0.717, 1.165) is 0 Å². The molecule has 0 aliphatic rings. The van der Waals surface area contributed by atoms with Crippen LogP contribution in [0.1, 0.15) is 29.6 Å². The van der Waals surface area contributed by atoms with E-state index in [9.17, 15) is 13.2 Å². The Morgan fingerprint density at radius 2 is 1.83 bits per heavy atom. The normalized spacial score (nSPS) is 10.8. The third kappa shape index (κ3) is 3.86. The van der Waals surface area contributed by atoms with Crippen molar-refractivity contribution < 1.29 is 18.3 Å². The molecule has 1 N–H and O–H groups in total. The Morgan fingerprint density at radius 3 is 2.33 bits per heavy atom. The third-order valence-electron chi connectivity index (χ3n) is 2.41. The molecule has 1 aromatic carbocycles. The number of carboxylic acids is 1. The first-order valence-corrected chi connectivity index (χ1v) is 7.05. The largest absolute Gasteiger partial charge is 0.478 e. The second kappa shape index (κ2) is 6.17. The molecule has 0 amide bonds. The zero-order valence-electron chi connectivity index (χ0n) is 9.67. The van der Waals surface area contributed by atoms with E-state index in [4.69, 9.17) is 10.4 Å². The molecule has 0 fully saturated rings. The van der Waals surface area contributed by atoms with Gasteiger partial charge in [0.25, 0.3) is 0 Å². The first-order valence-electron chi connectivity index (χ1n) is 5.40. The molecule has 0 bridgehead atoms. The highest BCUT2D eigenvalue weighted by Crippen LogP contribution is 2.14. The zero-order valence-corrected chi connectivity index (χ0v) is 10.5. The van der Waals surface area contributed by atoms with Crippen molar-refractivity contribution in [3.05, 3.63) is 29.8 Å². The van der Waals surface area contributed by atoms with Crippen molar-refractivity contribution >= 4 is 15.8 Å². The van der Waals surface area contributed by atoms with Crippen molar-refractivity contribution in [3.63, 3.8) is 0 Å². The van der Waals surface area contributed by atoms with Gasteiger partial charge < -0.3 is 5.11 Å². The van der Waals surface area contributed by atoms with Gasteiger partial charge in [-0.2, -0.15) is 5.26 Å². The molecule has 0 spiro atoms. The molecule has 6 heteroatoms. The van der Waals surface area contributed by atoms with E-state index in [1.165, 1.54) is 24.3 Å². The molecule has 0 heterocycles. The monoisotopic (exact) mass is 267 g/mol. The Kier molecular flexibility index (Phi) is 4.86. The van der Waals surface area contributed by atoms with E-state index in [1.807, 2.05) is 6.07 Å². The molecule has 0 atom stereocenters. The van der Waals surface area contributed by atoms with Gasteiger partial charge in [-0.3, -0.25) is 0 Å². The fourth-order valence-electron chi connectivity index (χ4n) is 1.42. The molecule has 1 aromatic rings. The second-order valence-corrected chi connectivity index (χ2v) is 5.87. The summed E-state index contributed by atoms with van der Waals surface area (Å²) >= 11 is 0. The van der Waals surface area contributed by atoms with Crippen LogP contribution in [0.15, 0.2) is 29.2 Å². The summed E-state index contributed by atoms with van der Waals surface area (Å²) in [5, 5.41) is 17.0. The molecule has 1 rings (SSSR count). The Balaban J connectivity index is 2.73. The van der Waals surface area contributed by atoms with Gasteiger partial charge in [-0.15, -0.1) is 0 Å². The molecule has 0 aromatic heterocycles. The van der Waals surface area contributed by atoms with Gasteiger partial charge >= 0.3 is 5.97 Å². The van der Waals surface area contributed by atoms with Gasteiger partial charge in [0.1, 0.15) is 0 Å². The van der Waals surface area contributed by atoms with Crippen LogP contribution < -0.4 is 0 Å². The van der Waals surface area contributed by atoms with Crippen LogP contribution in [0.2, 0.25) is 0 Å². The predicted molar refractivity (Wildman–Crippen MR) is 64.9 cm³/mol. The van der Waals surface area contributed by atoms with E-state index in [1.54, 1.807) is 0 Å². The highest BCUT2D eigenvalue weighted by Gasteiger charge is 2.14. The lowest BCUT2D eigenvalue weighted by molar-refractivity contribution is 0.0697. The number of sulfone groups is 1. The number of aromatic carboxylic acids is 1. The van der Waals surface area contributed by atoms with Crippen LogP contribution in [0.25, 0.3) is 0 Å². The minimum Gasteiger partial charge on any atom is -0.478 e. The van der Waals surface area contributed by atoms with Crippen molar-refractivity contribution in [1.29, 1.82) is 5.26 Å². The molecule has 18 heavy (non-hydrogen) atoms. The van der Waals surface area contributed by atoms with Crippen LogP contribution in [0.3, 0.4) is 0 Å². The standard InChI is InChI=1S/C12H13NO4S/c13-8-2-1-3-9-18(16,17)11-6-4-10(5-7-11)12(14)15/h4-7H,1-3,9H2,(H,14,15). The van der Waals surface area contributed by atoms with Gasteiger partial charge in [0.15, 0.2) is 9.84 Å². The Labute approximate surface area is 106 Å². The minimum atomic E-state index is -3.39. The summed E-state index contributed by atoms with van der Waals surface area (Å²) in [5.41, 5.74) is 0.0541. The van der Waals surface area contributed by atoms with E-state index < -0.39 is 15.8 Å². The predicted octanol–water partition coefficient (Wildman–Crippen LogP) is 1.85. The first kappa shape index (κ1) is 14.2. The summed E-state index contributed by atoms with van der Waals surface area (Å²) in [5.74, 6) is -1.12. The van der Waals surface area contributed by atoms with Gasteiger partial charge in [0, 0.05) is 6.42 Å². The quantitative estimate of drug-likeness (QED) is 0.793. The number of nitriles is 1. The van der Waals surface area contributed by atoms with Crippen LogP contribution in [-0.4, -0.2) is 25.2 Å². The molecule has 0 unspecified atom stereocenters. The number of benzene rings is 1. The minimum absolute atomic E-state index is 0.0267. The van der Waals surface area contributed by atoms with E-state index in [2.05, 4.69) is 0 Å². The van der Waals surface area contributed by atoms with Crippen LogP contribution in [0.5, 0.6) is 0 Å². The van der Waals surface area contributed by atoms with Crippen LogP contribution >= 0.6 is 0 Å². The van der Waals surface area contributed by atoms with Crippen molar-refractivity contribution in [1.82, 2.24) is 0 Å². The smallest absolute Gasteiger partial charge is 0.335 e. The van der Waals surface area contributed by atoms with Crippen LogP contribution in [0.4, 0.5) is 0 Å². The summed E-state index contributed by atoms with van der Waals surface area (Å²) in [4.78, 5) is 10.7. The Hall–Kier alpha value is -1.87. The maximum Gasteiger partial charge on any atom is 0.335 e. The van der Waals surface area contributed by atoms with Gasteiger partial charge in [-0.05, 0) is 37.1 Å². The third-order valence-corrected chi connectivity index (χ3v) is 4.23. The number of hydrogen-bond acceptors (Lipinski definition) is 4. The zero-order chi connectivity index (χ0) is 13.6. The summed E-state index contributed by atoms with van der Waals surface area (Å²) in [6.45, 7) is 0. The molecule has 0 saturated heterocycles. The Bertz CT molecular complexity index is 555. The SMILES string of the molecule is N#CCCCCS(=O)(=O)c1ccc(C(=O)O)cc1. The van der Waals surface area contributed by atoms with Crippen molar-refractivity contribution in [2.75, 3.05) is 5.75 Å². The van der Waals surface area contributed by atoms with Crippen molar-refractivity contribution in [2.24, 2.45) is 0 Å². The maximum atomic E-state index is 11.8. The van der Waals surface area contributed by atoms with Crippen molar-refractivity contribution in [2.45, 2.75) is 24.2 Å². The van der Waals surface area contributed by atoms with Crippen LogP contribution in [-0.2, 0) is 9.84 Å². The highest BCUT2D eigenvalue weighted by molar-refractivity contribution is 7.91. The molecule has 0 saturated carbocycles. The fourth-order valence-corrected chi connectivity index (χ4v) is 2.79. The molecule has 0 aliphatic heterocycles. The van der Waals surface area contributed by atoms with Gasteiger partial charge in [-0.25, -0.2) is 13.2 Å². The second-order valence-electron chi connectivity index (χ2n) is 3.76. The first-order chi connectivity index (χ1) is 8.47. The summed E-state index contributed by atoms with van der Waals surface area (Å²) in [6.07, 6.45) is 1.31. The number of carbonyl (C=O) groups is 1. The maximum absolute atomic E-state index is 11.8. The lowest BCUT2D eigenvalue weighted by Gasteiger charge is -2.04. The average Bonchev–Trinajstić information content (AvgIpc) is 2.35.